The fourth-order valence-electron chi connectivity index (χ4n) is 7.79. The van der Waals surface area contributed by atoms with Gasteiger partial charge in [0.2, 0.25) is 11.8 Å². The highest BCUT2D eigenvalue weighted by Crippen LogP contribution is 2.29. The molecule has 9 heteroatoms. The predicted molar refractivity (Wildman–Crippen MR) is 170 cm³/mol. The molecule has 2 atom stereocenters. The average Bonchev–Trinajstić information content (AvgIpc) is 3.38. The van der Waals surface area contributed by atoms with E-state index in [4.69, 9.17) is 4.74 Å². The van der Waals surface area contributed by atoms with Gasteiger partial charge in [-0.05, 0) is 101 Å². The molecule has 8 heterocycles. The Morgan fingerprint density at radius 2 is 1.21 bits per heavy atom. The summed E-state index contributed by atoms with van der Waals surface area (Å²) in [6.07, 6.45) is 5.65. The van der Waals surface area contributed by atoms with Crippen LogP contribution in [0, 0.1) is 0 Å². The van der Waals surface area contributed by atoms with Crippen LogP contribution in [0.1, 0.15) is 94.4 Å². The van der Waals surface area contributed by atoms with Gasteiger partial charge in [0, 0.05) is 79.9 Å². The minimum absolute atomic E-state index is 0.0118. The van der Waals surface area contributed by atoms with Crippen molar-refractivity contribution in [1.82, 2.24) is 29.8 Å². The molecule has 0 aromatic rings. The lowest BCUT2D eigenvalue weighted by Gasteiger charge is -2.40. The minimum atomic E-state index is -0.0871. The normalized spacial score (nSPS) is 34.0. The monoisotopic (exact) mass is 590 g/mol. The molecule has 42 heavy (non-hydrogen) atoms. The molecule has 0 aromatic heterocycles. The Hall–Kier alpha value is -1.26. The molecule has 0 aromatic carbocycles. The number of nitrogens with one attached hydrogen (secondary N) is 1. The van der Waals surface area contributed by atoms with Crippen LogP contribution in [0.3, 0.4) is 0 Å². The maximum atomic E-state index is 12.0. The van der Waals surface area contributed by atoms with Crippen LogP contribution in [0.5, 0.6) is 0 Å². The van der Waals surface area contributed by atoms with E-state index >= 15 is 0 Å². The van der Waals surface area contributed by atoms with Crippen LogP contribution in [-0.4, -0.2) is 143 Å². The van der Waals surface area contributed by atoms with E-state index in [1.807, 2.05) is 4.90 Å². The van der Waals surface area contributed by atoms with E-state index in [9.17, 15) is 9.59 Å². The Kier molecular flexibility index (Phi) is 10.7. The second-order valence-corrected chi connectivity index (χ2v) is 16.4. The summed E-state index contributed by atoms with van der Waals surface area (Å²) in [5, 5.41) is 3.46. The maximum Gasteiger partial charge on any atom is 0.237 e. The third kappa shape index (κ3) is 8.68. The molecule has 8 aliphatic rings. The van der Waals surface area contributed by atoms with E-state index in [0.29, 0.717) is 43.1 Å². The fourth-order valence-corrected chi connectivity index (χ4v) is 7.79. The number of piperidine rings is 2. The van der Waals surface area contributed by atoms with Crippen LogP contribution < -0.4 is 5.32 Å². The molecule has 8 aliphatic heterocycles. The summed E-state index contributed by atoms with van der Waals surface area (Å²) in [6.45, 7) is 29.9. The Morgan fingerprint density at radius 3 is 1.79 bits per heavy atom. The van der Waals surface area contributed by atoms with Crippen LogP contribution in [-0.2, 0) is 14.3 Å². The first-order valence-corrected chi connectivity index (χ1v) is 16.7. The predicted octanol–water partition coefficient (Wildman–Crippen LogP) is 3.03. The second kappa shape index (κ2) is 13.4. The number of rotatable bonds is 0. The minimum Gasteiger partial charge on any atom is -0.378 e. The Morgan fingerprint density at radius 1 is 0.643 bits per heavy atom. The van der Waals surface area contributed by atoms with Crippen LogP contribution in [0.25, 0.3) is 0 Å². The van der Waals surface area contributed by atoms with Gasteiger partial charge < -0.3 is 24.8 Å². The Balaban J connectivity index is 0.000000145. The highest BCUT2D eigenvalue weighted by Gasteiger charge is 2.39. The van der Waals surface area contributed by atoms with Crippen molar-refractivity contribution in [3.05, 3.63) is 0 Å². The van der Waals surface area contributed by atoms with E-state index in [1.54, 1.807) is 0 Å². The maximum absolute atomic E-state index is 12.0. The zero-order valence-corrected chi connectivity index (χ0v) is 28.4. The quantitative estimate of drug-likeness (QED) is 0.465. The highest BCUT2D eigenvalue weighted by molar-refractivity contribution is 5.80. The molecule has 0 aliphatic carbocycles. The number of nitrogens with zero attached hydrogens (tertiary/aromatic N) is 5. The molecule has 0 radical (unpaired) electrons. The van der Waals surface area contributed by atoms with Gasteiger partial charge in [0.25, 0.3) is 0 Å². The van der Waals surface area contributed by atoms with Crippen molar-refractivity contribution in [2.75, 3.05) is 65.6 Å². The molecule has 2 amide bonds. The fraction of sp³-hybridized carbons (Fsp3) is 0.939. The molecule has 8 saturated heterocycles. The van der Waals surface area contributed by atoms with E-state index in [1.165, 1.54) is 39.0 Å². The number of fused-ring (bicyclic) bond motifs is 10. The Bertz CT molecular complexity index is 906. The summed E-state index contributed by atoms with van der Waals surface area (Å²) in [4.78, 5) is 35.7. The van der Waals surface area contributed by atoms with Crippen molar-refractivity contribution < 1.29 is 14.3 Å². The van der Waals surface area contributed by atoms with Crippen LogP contribution in [0.2, 0.25) is 0 Å². The standard InChI is InChI=1S/C11H20N2O2.C11H20N2O.C11H22N2/c1-11(2,3)13-5-9-7-15-6-8(12-9)4-10(13)14;1-11(2,3)13-9-4-6-12(7-5-9)8-10(13)14;1-11(2,3)13-9-8-12-6-4-10(13)5-7-12/h8-9,12H,4-7H2,1-3H3;9H,4-8H2,1-3H3;10H,4-9H2,1-3H3. The van der Waals surface area contributed by atoms with Gasteiger partial charge in [0.1, 0.15) is 0 Å². The summed E-state index contributed by atoms with van der Waals surface area (Å²) in [6, 6.07) is 1.86. The van der Waals surface area contributed by atoms with Crippen LogP contribution in [0.4, 0.5) is 0 Å². The third-order valence-electron chi connectivity index (χ3n) is 9.83. The molecule has 8 rings (SSSR count). The third-order valence-corrected chi connectivity index (χ3v) is 9.83. The van der Waals surface area contributed by atoms with Gasteiger partial charge in [-0.2, -0.15) is 0 Å². The first-order chi connectivity index (χ1) is 19.5. The zero-order valence-electron chi connectivity index (χ0n) is 28.4. The molecule has 9 nitrogen and oxygen atoms in total. The van der Waals surface area contributed by atoms with E-state index in [2.05, 4.69) is 87.2 Å². The van der Waals surface area contributed by atoms with Gasteiger partial charge in [0.15, 0.2) is 0 Å². The van der Waals surface area contributed by atoms with Crippen molar-refractivity contribution in [3.63, 3.8) is 0 Å². The van der Waals surface area contributed by atoms with Crippen molar-refractivity contribution in [2.24, 2.45) is 0 Å². The Labute approximate surface area is 256 Å². The van der Waals surface area contributed by atoms with Gasteiger partial charge in [-0.3, -0.25) is 19.4 Å². The lowest BCUT2D eigenvalue weighted by atomic mass is 9.98. The van der Waals surface area contributed by atoms with Gasteiger partial charge in [-0.1, -0.05) is 0 Å². The van der Waals surface area contributed by atoms with Crippen molar-refractivity contribution in [2.45, 2.75) is 135 Å². The number of amides is 2. The zero-order chi connectivity index (χ0) is 30.9. The number of ether oxygens (including phenoxy) is 1. The number of hydrogen-bond donors (Lipinski definition) is 1. The highest BCUT2D eigenvalue weighted by atomic mass is 16.5. The van der Waals surface area contributed by atoms with Crippen molar-refractivity contribution in [1.29, 1.82) is 0 Å². The second-order valence-electron chi connectivity index (χ2n) is 16.4. The van der Waals surface area contributed by atoms with Crippen LogP contribution >= 0.6 is 0 Å². The smallest absolute Gasteiger partial charge is 0.237 e. The van der Waals surface area contributed by atoms with Gasteiger partial charge in [-0.15, -0.1) is 0 Å². The summed E-state index contributed by atoms with van der Waals surface area (Å²) >= 11 is 0. The van der Waals surface area contributed by atoms with Crippen molar-refractivity contribution >= 4 is 11.8 Å². The van der Waals surface area contributed by atoms with Crippen molar-refractivity contribution in [3.8, 4) is 0 Å². The summed E-state index contributed by atoms with van der Waals surface area (Å²) in [5.41, 5.74) is 0.267. The lowest BCUT2D eigenvalue weighted by Crippen LogP contribution is -2.52. The van der Waals surface area contributed by atoms with E-state index < -0.39 is 0 Å². The molecule has 242 valence electrons. The molecule has 0 spiro atoms. The average molecular weight is 591 g/mol. The molecule has 6 bridgehead atoms. The molecule has 0 saturated carbocycles. The molecule has 2 unspecified atom stereocenters. The van der Waals surface area contributed by atoms with Crippen LogP contribution in [0.15, 0.2) is 0 Å². The number of morpholine rings is 1. The van der Waals surface area contributed by atoms with Gasteiger partial charge >= 0.3 is 0 Å². The summed E-state index contributed by atoms with van der Waals surface area (Å²) in [5.74, 6) is 0.561. The largest absolute Gasteiger partial charge is 0.378 e. The first-order valence-electron chi connectivity index (χ1n) is 16.7. The van der Waals surface area contributed by atoms with E-state index in [-0.39, 0.29) is 23.0 Å². The number of carbonyl (C=O) groups excluding carboxylic acids is 2. The SMILES string of the molecule is CC(C)(C)N1C(=O)CN2CCC1CC2.CC(C)(C)N1CC2COCC(CC1=O)N2.CC(C)(C)N1CCN2CCC1CC2. The number of carbonyl (C=O) groups is 2. The lowest BCUT2D eigenvalue weighted by molar-refractivity contribution is -0.137. The molecule has 1 N–H and O–H groups in total. The van der Waals surface area contributed by atoms with Gasteiger partial charge in [-0.25, -0.2) is 0 Å². The number of hydrogen-bond acceptors (Lipinski definition) is 7. The molecule has 8 fully saturated rings. The topological polar surface area (TPSA) is 71.6 Å². The van der Waals surface area contributed by atoms with E-state index in [0.717, 1.165) is 45.1 Å². The first kappa shape index (κ1) is 33.6. The van der Waals surface area contributed by atoms with Gasteiger partial charge in [0.05, 0.1) is 19.8 Å². The summed E-state index contributed by atoms with van der Waals surface area (Å²) < 4.78 is 5.48. The molecular formula is C33H62N6O3. The summed E-state index contributed by atoms with van der Waals surface area (Å²) in [7, 11) is 0. The molecular weight excluding hydrogens is 528 g/mol.